The first-order valence-electron chi connectivity index (χ1n) is 6.88. The third-order valence-electron chi connectivity index (χ3n) is 3.61. The van der Waals surface area contributed by atoms with Gasteiger partial charge in [-0.3, -0.25) is 0 Å². The summed E-state index contributed by atoms with van der Waals surface area (Å²) < 4.78 is 6.07. The molecule has 0 bridgehead atoms. The molecular weight excluding hydrogens is 244 g/mol. The van der Waals surface area contributed by atoms with Crippen molar-refractivity contribution in [2.75, 3.05) is 0 Å². The summed E-state index contributed by atoms with van der Waals surface area (Å²) >= 11 is 0. The van der Waals surface area contributed by atoms with Crippen LogP contribution >= 0.6 is 0 Å². The molecule has 0 saturated carbocycles. The van der Waals surface area contributed by atoms with E-state index in [1.807, 2.05) is 19.1 Å². The first kappa shape index (κ1) is 12.7. The Labute approximate surface area is 119 Å². The molecule has 0 amide bonds. The Bertz CT molecular complexity index is 818. The van der Waals surface area contributed by atoms with Crippen LogP contribution in [0, 0.1) is 6.92 Å². The van der Waals surface area contributed by atoms with E-state index in [1.165, 1.54) is 21.9 Å². The number of para-hydroxylation sites is 1. The smallest absolute Gasteiger partial charge is 0.139 e. The molecule has 1 heterocycles. The van der Waals surface area contributed by atoms with Crippen LogP contribution in [0.5, 0.6) is 0 Å². The molecule has 0 radical (unpaired) electrons. The molecule has 1 aromatic heterocycles. The van der Waals surface area contributed by atoms with Gasteiger partial charge in [0.1, 0.15) is 11.2 Å². The Kier molecular flexibility index (Phi) is 3.19. The van der Waals surface area contributed by atoms with Gasteiger partial charge in [-0.25, -0.2) is 0 Å². The van der Waals surface area contributed by atoms with E-state index < -0.39 is 0 Å². The Morgan fingerprint density at radius 2 is 1.95 bits per heavy atom. The van der Waals surface area contributed by atoms with E-state index in [0.29, 0.717) is 0 Å². The number of allylic oxidation sites excluding steroid dienone is 3. The van der Waals surface area contributed by atoms with Crippen LogP contribution in [0.3, 0.4) is 0 Å². The zero-order valence-electron chi connectivity index (χ0n) is 11.9. The molecule has 3 rings (SSSR count). The predicted octanol–water partition coefficient (Wildman–Crippen LogP) is 5.57. The van der Waals surface area contributed by atoms with Crippen molar-refractivity contribution in [2.45, 2.75) is 20.3 Å². The fourth-order valence-corrected chi connectivity index (χ4v) is 2.57. The number of fused-ring (bicyclic) bond motifs is 3. The minimum Gasteiger partial charge on any atom is -0.456 e. The van der Waals surface area contributed by atoms with E-state index in [-0.39, 0.29) is 0 Å². The number of furan rings is 1. The third-order valence-corrected chi connectivity index (χ3v) is 3.61. The van der Waals surface area contributed by atoms with Crippen LogP contribution in [0.1, 0.15) is 18.1 Å². The van der Waals surface area contributed by atoms with Crippen molar-refractivity contribution in [1.29, 1.82) is 0 Å². The summed E-state index contributed by atoms with van der Waals surface area (Å²) in [6.07, 6.45) is 5.08. The normalized spacial score (nSPS) is 11.7. The molecular formula is C19H18O. The summed E-state index contributed by atoms with van der Waals surface area (Å²) in [4.78, 5) is 0. The average Bonchev–Trinajstić information content (AvgIpc) is 2.79. The monoisotopic (exact) mass is 262 g/mol. The molecule has 20 heavy (non-hydrogen) atoms. The summed E-state index contributed by atoms with van der Waals surface area (Å²) in [7, 11) is 0. The third kappa shape index (κ3) is 2.16. The van der Waals surface area contributed by atoms with Crippen LogP contribution in [-0.2, 0) is 6.42 Å². The van der Waals surface area contributed by atoms with Crippen molar-refractivity contribution in [3.63, 3.8) is 0 Å². The van der Waals surface area contributed by atoms with Gasteiger partial charge in [0, 0.05) is 16.3 Å². The van der Waals surface area contributed by atoms with E-state index in [9.17, 15) is 0 Å². The van der Waals surface area contributed by atoms with Gasteiger partial charge in [0.05, 0.1) is 0 Å². The number of aryl methyl sites for hydroxylation is 1. The maximum atomic E-state index is 6.07. The van der Waals surface area contributed by atoms with Crippen molar-refractivity contribution < 1.29 is 4.42 Å². The van der Waals surface area contributed by atoms with E-state index >= 15 is 0 Å². The highest BCUT2D eigenvalue weighted by Gasteiger charge is 2.11. The average molecular weight is 262 g/mol. The van der Waals surface area contributed by atoms with E-state index in [4.69, 9.17) is 4.42 Å². The van der Waals surface area contributed by atoms with Gasteiger partial charge in [-0.05, 0) is 31.9 Å². The SMILES string of the molecule is C=C(C)/C=C\Cc1c(C)ccc2c1oc1ccccc12. The molecule has 2 aromatic carbocycles. The Balaban J connectivity index is 2.19. The Hall–Kier alpha value is -2.28. The number of rotatable bonds is 3. The minimum atomic E-state index is 0.871. The summed E-state index contributed by atoms with van der Waals surface area (Å²) in [5.41, 5.74) is 5.56. The summed E-state index contributed by atoms with van der Waals surface area (Å²) in [6.45, 7) is 8.04. The predicted molar refractivity (Wildman–Crippen MR) is 86.1 cm³/mol. The lowest BCUT2D eigenvalue weighted by molar-refractivity contribution is 0.664. The first-order valence-corrected chi connectivity index (χ1v) is 6.88. The van der Waals surface area contributed by atoms with Gasteiger partial charge in [0.2, 0.25) is 0 Å². The summed E-state index contributed by atoms with van der Waals surface area (Å²) in [6, 6.07) is 12.5. The molecule has 1 heteroatoms. The van der Waals surface area contributed by atoms with Gasteiger partial charge in [-0.1, -0.05) is 54.6 Å². The molecule has 0 fully saturated rings. The second-order valence-corrected chi connectivity index (χ2v) is 5.29. The minimum absolute atomic E-state index is 0.871. The molecule has 0 aliphatic rings. The van der Waals surface area contributed by atoms with Crippen LogP contribution in [-0.4, -0.2) is 0 Å². The zero-order chi connectivity index (χ0) is 14.1. The van der Waals surface area contributed by atoms with Gasteiger partial charge >= 0.3 is 0 Å². The molecule has 0 aliphatic carbocycles. The number of benzene rings is 2. The Morgan fingerprint density at radius 1 is 1.15 bits per heavy atom. The van der Waals surface area contributed by atoms with Crippen LogP contribution in [0.2, 0.25) is 0 Å². The topological polar surface area (TPSA) is 13.1 Å². The highest BCUT2D eigenvalue weighted by atomic mass is 16.3. The Morgan fingerprint density at radius 3 is 2.75 bits per heavy atom. The summed E-state index contributed by atoms with van der Waals surface area (Å²) in [5, 5.41) is 2.39. The second-order valence-electron chi connectivity index (χ2n) is 5.29. The summed E-state index contributed by atoms with van der Waals surface area (Å²) in [5.74, 6) is 0. The first-order chi connectivity index (χ1) is 9.66. The van der Waals surface area contributed by atoms with Crippen LogP contribution in [0.4, 0.5) is 0 Å². The largest absolute Gasteiger partial charge is 0.456 e. The lowest BCUT2D eigenvalue weighted by atomic mass is 10.0. The molecule has 100 valence electrons. The maximum Gasteiger partial charge on any atom is 0.139 e. The van der Waals surface area contributed by atoms with Crippen molar-refractivity contribution in [3.05, 3.63) is 71.8 Å². The second kappa shape index (κ2) is 5.01. The van der Waals surface area contributed by atoms with Crippen molar-refractivity contribution in [1.82, 2.24) is 0 Å². The van der Waals surface area contributed by atoms with Gasteiger partial charge in [-0.15, -0.1) is 0 Å². The van der Waals surface area contributed by atoms with E-state index in [0.717, 1.165) is 23.2 Å². The molecule has 1 nitrogen and oxygen atoms in total. The standard InChI is InChI=1S/C19H18O/c1-13(2)7-6-9-15-14(3)11-12-17-16-8-4-5-10-18(16)20-19(15)17/h4-8,10-12H,1,9H2,2-3H3/b7-6-. The fourth-order valence-electron chi connectivity index (χ4n) is 2.57. The van der Waals surface area contributed by atoms with Crippen molar-refractivity contribution in [2.24, 2.45) is 0 Å². The highest BCUT2D eigenvalue weighted by Crippen LogP contribution is 2.32. The molecule has 3 aromatic rings. The van der Waals surface area contributed by atoms with Gasteiger partial charge in [0.15, 0.2) is 0 Å². The maximum absolute atomic E-state index is 6.07. The van der Waals surface area contributed by atoms with Crippen LogP contribution < -0.4 is 0 Å². The van der Waals surface area contributed by atoms with Gasteiger partial charge in [0.25, 0.3) is 0 Å². The fraction of sp³-hybridized carbons (Fsp3) is 0.158. The molecule has 0 N–H and O–H groups in total. The molecule has 0 atom stereocenters. The lowest BCUT2D eigenvalue weighted by Crippen LogP contribution is -1.87. The van der Waals surface area contributed by atoms with Crippen molar-refractivity contribution in [3.8, 4) is 0 Å². The lowest BCUT2D eigenvalue weighted by Gasteiger charge is -2.03. The molecule has 0 saturated heterocycles. The van der Waals surface area contributed by atoms with Crippen LogP contribution in [0.25, 0.3) is 21.9 Å². The van der Waals surface area contributed by atoms with Crippen molar-refractivity contribution >= 4 is 21.9 Å². The quantitative estimate of drug-likeness (QED) is 0.562. The highest BCUT2D eigenvalue weighted by molar-refractivity contribution is 6.06. The van der Waals surface area contributed by atoms with Crippen LogP contribution in [0.15, 0.2) is 65.1 Å². The van der Waals surface area contributed by atoms with E-state index in [1.54, 1.807) is 0 Å². The zero-order valence-corrected chi connectivity index (χ0v) is 11.9. The van der Waals surface area contributed by atoms with Gasteiger partial charge in [-0.2, -0.15) is 0 Å². The number of hydrogen-bond donors (Lipinski definition) is 0. The number of hydrogen-bond acceptors (Lipinski definition) is 1. The molecule has 0 spiro atoms. The van der Waals surface area contributed by atoms with E-state index in [2.05, 4.69) is 49.9 Å². The molecule has 0 aliphatic heterocycles. The molecule has 0 unspecified atom stereocenters. The van der Waals surface area contributed by atoms with Gasteiger partial charge < -0.3 is 4.42 Å².